The first-order chi connectivity index (χ1) is 20.8. The zero-order valence-corrected chi connectivity index (χ0v) is 25.3. The van der Waals surface area contributed by atoms with Crippen LogP contribution in [0.25, 0.3) is 11.4 Å². The molecule has 5 aromatic carbocycles. The Morgan fingerprint density at radius 3 is 0.860 bits per heavy atom. The smallest absolute Gasteiger partial charge is 0.240 e. The number of anilines is 6. The van der Waals surface area contributed by atoms with E-state index in [1.807, 2.05) is 0 Å². The van der Waals surface area contributed by atoms with Crippen LogP contribution in [0.4, 0.5) is 34.6 Å². The quantitative estimate of drug-likeness (QED) is 0.194. The van der Waals surface area contributed by atoms with Crippen molar-refractivity contribution in [3.8, 4) is 11.4 Å². The second kappa shape index (κ2) is 11.9. The molecule has 0 unspecified atom stereocenters. The summed E-state index contributed by atoms with van der Waals surface area (Å²) < 4.78 is 0. The van der Waals surface area contributed by atoms with Gasteiger partial charge in [-0.1, -0.05) is 101 Å². The van der Waals surface area contributed by atoms with Crippen molar-refractivity contribution < 1.29 is 0 Å². The zero-order valence-electron chi connectivity index (χ0n) is 25.3. The van der Waals surface area contributed by atoms with E-state index in [2.05, 4.69) is 166 Å². The van der Waals surface area contributed by atoms with Crippen molar-refractivity contribution in [2.75, 3.05) is 9.80 Å². The Labute approximate surface area is 254 Å². The molecule has 0 saturated carbocycles. The van der Waals surface area contributed by atoms with Gasteiger partial charge in [0.2, 0.25) is 11.9 Å². The molecule has 6 aromatic rings. The Hall–Kier alpha value is -5.29. The second-order valence-electron chi connectivity index (χ2n) is 11.1. The van der Waals surface area contributed by atoms with Gasteiger partial charge in [-0.3, -0.25) is 9.80 Å². The first-order valence-corrected chi connectivity index (χ1v) is 14.5. The average molecular weight is 562 g/mol. The monoisotopic (exact) mass is 561 g/mol. The predicted molar refractivity (Wildman–Crippen MR) is 178 cm³/mol. The van der Waals surface area contributed by atoms with E-state index in [9.17, 15) is 0 Å². The number of benzene rings is 5. The molecule has 0 amide bonds. The molecule has 0 saturated heterocycles. The van der Waals surface area contributed by atoms with Crippen molar-refractivity contribution in [2.24, 2.45) is 0 Å². The van der Waals surface area contributed by atoms with Crippen LogP contribution in [0.15, 0.2) is 121 Å². The molecule has 0 radical (unpaired) electrons. The van der Waals surface area contributed by atoms with Gasteiger partial charge in [0.25, 0.3) is 0 Å². The highest BCUT2D eigenvalue weighted by Crippen LogP contribution is 2.38. The summed E-state index contributed by atoms with van der Waals surface area (Å²) in [5.74, 6) is 1.68. The van der Waals surface area contributed by atoms with Gasteiger partial charge in [0.15, 0.2) is 5.82 Å². The molecule has 212 valence electrons. The van der Waals surface area contributed by atoms with Gasteiger partial charge < -0.3 is 0 Å². The Balaban J connectivity index is 1.62. The number of rotatable bonds is 7. The lowest BCUT2D eigenvalue weighted by molar-refractivity contribution is 0.987. The van der Waals surface area contributed by atoms with Crippen LogP contribution >= 0.6 is 0 Å². The molecule has 1 aromatic heterocycles. The van der Waals surface area contributed by atoms with Crippen molar-refractivity contribution >= 4 is 34.6 Å². The minimum atomic E-state index is 0.539. The predicted octanol–water partition coefficient (Wildman–Crippen LogP) is 10.0. The number of nitrogens with zero attached hydrogens (tertiary/aromatic N) is 5. The van der Waals surface area contributed by atoms with Crippen molar-refractivity contribution in [3.63, 3.8) is 0 Å². The number of hydrogen-bond acceptors (Lipinski definition) is 5. The van der Waals surface area contributed by atoms with Crippen molar-refractivity contribution in [1.29, 1.82) is 0 Å². The van der Waals surface area contributed by atoms with E-state index in [1.54, 1.807) is 0 Å². The lowest BCUT2D eigenvalue weighted by Gasteiger charge is -2.27. The maximum absolute atomic E-state index is 5.20. The van der Waals surface area contributed by atoms with Gasteiger partial charge >= 0.3 is 0 Å². The van der Waals surface area contributed by atoms with Crippen LogP contribution in [-0.2, 0) is 0 Å². The third-order valence-corrected chi connectivity index (χ3v) is 7.49. The summed E-state index contributed by atoms with van der Waals surface area (Å²) in [5, 5.41) is 0. The standard InChI is InChI=1S/C38H35N5/c1-26-6-16-31(17-7-26)36-39-37(42(32-18-8-27(2)9-19-32)33-20-10-28(3)11-21-33)41-38(40-36)43(34-22-12-29(4)13-23-34)35-24-14-30(5)15-25-35/h6-25H,1-5H3. The third kappa shape index (κ3) is 6.16. The number of aryl methyl sites for hydroxylation is 5. The molecule has 0 fully saturated rings. The fourth-order valence-electron chi connectivity index (χ4n) is 4.92. The fourth-order valence-corrected chi connectivity index (χ4v) is 4.92. The van der Waals surface area contributed by atoms with E-state index >= 15 is 0 Å². The van der Waals surface area contributed by atoms with E-state index in [0.717, 1.165) is 28.3 Å². The highest BCUT2D eigenvalue weighted by molar-refractivity contribution is 5.78. The molecule has 0 aliphatic rings. The van der Waals surface area contributed by atoms with Crippen LogP contribution in [0.1, 0.15) is 27.8 Å². The third-order valence-electron chi connectivity index (χ3n) is 7.49. The highest BCUT2D eigenvalue weighted by atomic mass is 15.3. The summed E-state index contributed by atoms with van der Waals surface area (Å²) >= 11 is 0. The van der Waals surface area contributed by atoms with Crippen molar-refractivity contribution in [2.45, 2.75) is 34.6 Å². The van der Waals surface area contributed by atoms with Gasteiger partial charge in [-0.25, -0.2) is 0 Å². The first kappa shape index (κ1) is 27.9. The molecular weight excluding hydrogens is 526 g/mol. The summed E-state index contributed by atoms with van der Waals surface area (Å²) in [5.41, 5.74) is 10.7. The van der Waals surface area contributed by atoms with Crippen LogP contribution in [0.5, 0.6) is 0 Å². The van der Waals surface area contributed by atoms with Crippen LogP contribution in [0, 0.1) is 34.6 Å². The summed E-state index contributed by atoms with van der Waals surface area (Å²) in [4.78, 5) is 19.6. The second-order valence-corrected chi connectivity index (χ2v) is 11.1. The summed E-state index contributed by atoms with van der Waals surface area (Å²) in [6.07, 6.45) is 0. The SMILES string of the molecule is Cc1ccc(-c2nc(N(c3ccc(C)cc3)c3ccc(C)cc3)nc(N(c3ccc(C)cc3)c3ccc(C)cc3)n2)cc1. The minimum Gasteiger partial charge on any atom is -0.279 e. The van der Waals surface area contributed by atoms with E-state index < -0.39 is 0 Å². The highest BCUT2D eigenvalue weighted by Gasteiger charge is 2.23. The van der Waals surface area contributed by atoms with E-state index in [4.69, 9.17) is 15.0 Å². The molecule has 0 N–H and O–H groups in total. The average Bonchev–Trinajstić information content (AvgIpc) is 3.01. The summed E-state index contributed by atoms with van der Waals surface area (Å²) in [6, 6.07) is 42.2. The van der Waals surface area contributed by atoms with Crippen LogP contribution in [-0.4, -0.2) is 15.0 Å². The Kier molecular flexibility index (Phi) is 7.71. The van der Waals surface area contributed by atoms with Crippen LogP contribution in [0.2, 0.25) is 0 Å². The topological polar surface area (TPSA) is 45.2 Å². The molecule has 0 aliphatic heterocycles. The van der Waals surface area contributed by atoms with Gasteiger partial charge in [-0.15, -0.1) is 0 Å². The minimum absolute atomic E-state index is 0.539. The molecule has 0 bridgehead atoms. The molecule has 0 atom stereocenters. The Bertz CT molecular complexity index is 1620. The van der Waals surface area contributed by atoms with Gasteiger partial charge in [0, 0.05) is 28.3 Å². The molecule has 1 heterocycles. The number of hydrogen-bond donors (Lipinski definition) is 0. The molecule has 43 heavy (non-hydrogen) atoms. The molecule has 5 nitrogen and oxygen atoms in total. The van der Waals surface area contributed by atoms with Gasteiger partial charge in [-0.2, -0.15) is 15.0 Å². The molecule has 6 rings (SSSR count). The molecule has 0 spiro atoms. The maximum Gasteiger partial charge on any atom is 0.240 e. The van der Waals surface area contributed by atoms with E-state index in [-0.39, 0.29) is 0 Å². The fraction of sp³-hybridized carbons (Fsp3) is 0.132. The van der Waals surface area contributed by atoms with Crippen LogP contribution in [0.3, 0.4) is 0 Å². The normalized spacial score (nSPS) is 10.9. The molecular formula is C38H35N5. The van der Waals surface area contributed by atoms with Gasteiger partial charge in [0.05, 0.1) is 0 Å². The van der Waals surface area contributed by atoms with Crippen LogP contribution < -0.4 is 9.80 Å². The van der Waals surface area contributed by atoms with Gasteiger partial charge in [-0.05, 0) is 83.1 Å². The largest absolute Gasteiger partial charge is 0.279 e. The van der Waals surface area contributed by atoms with E-state index in [0.29, 0.717) is 17.7 Å². The Morgan fingerprint density at radius 1 is 0.326 bits per heavy atom. The maximum atomic E-state index is 5.20. The van der Waals surface area contributed by atoms with Gasteiger partial charge in [0.1, 0.15) is 0 Å². The first-order valence-electron chi connectivity index (χ1n) is 14.5. The van der Waals surface area contributed by atoms with Crippen molar-refractivity contribution in [3.05, 3.63) is 149 Å². The molecule has 5 heteroatoms. The summed E-state index contributed by atoms with van der Waals surface area (Å²) in [6.45, 7) is 10.5. The lowest BCUT2D eigenvalue weighted by atomic mass is 10.1. The zero-order chi connectivity index (χ0) is 29.9. The molecule has 0 aliphatic carbocycles. The van der Waals surface area contributed by atoms with E-state index in [1.165, 1.54) is 27.8 Å². The Morgan fingerprint density at radius 2 is 0.581 bits per heavy atom. The lowest BCUT2D eigenvalue weighted by Crippen LogP contribution is -2.19. The summed E-state index contributed by atoms with van der Waals surface area (Å²) in [7, 11) is 0. The number of aromatic nitrogens is 3. The van der Waals surface area contributed by atoms with Crippen molar-refractivity contribution in [1.82, 2.24) is 15.0 Å².